The summed E-state index contributed by atoms with van der Waals surface area (Å²) in [6.07, 6.45) is 3.57. The van der Waals surface area contributed by atoms with Crippen molar-refractivity contribution in [3.63, 3.8) is 0 Å². The van der Waals surface area contributed by atoms with Crippen molar-refractivity contribution in [1.29, 1.82) is 0 Å². The predicted octanol–water partition coefficient (Wildman–Crippen LogP) is 2.17. The van der Waals surface area contributed by atoms with Crippen molar-refractivity contribution in [3.8, 4) is 0 Å². The SMILES string of the molecule is CCc1ccc(NC(=O)c2ccc(N3CCN(C=O)CC3)cn2)cc1. The highest BCUT2D eigenvalue weighted by molar-refractivity contribution is 6.02. The first-order valence-corrected chi connectivity index (χ1v) is 8.50. The number of amides is 2. The van der Waals surface area contributed by atoms with Crippen molar-refractivity contribution in [2.24, 2.45) is 0 Å². The van der Waals surface area contributed by atoms with E-state index in [1.165, 1.54) is 5.56 Å². The van der Waals surface area contributed by atoms with Crippen LogP contribution in [0.3, 0.4) is 0 Å². The Kier molecular flexibility index (Phi) is 5.28. The lowest BCUT2D eigenvalue weighted by Crippen LogP contribution is -2.45. The average molecular weight is 338 g/mol. The molecule has 0 radical (unpaired) electrons. The highest BCUT2D eigenvalue weighted by Crippen LogP contribution is 2.16. The number of rotatable bonds is 5. The Morgan fingerprint density at radius 1 is 1.12 bits per heavy atom. The number of nitrogens with zero attached hydrogens (tertiary/aromatic N) is 3. The number of pyridine rings is 1. The number of carbonyl (C=O) groups excluding carboxylic acids is 2. The fourth-order valence-electron chi connectivity index (χ4n) is 2.81. The van der Waals surface area contributed by atoms with E-state index in [9.17, 15) is 9.59 Å². The Labute approximate surface area is 147 Å². The monoisotopic (exact) mass is 338 g/mol. The van der Waals surface area contributed by atoms with Gasteiger partial charge in [0, 0.05) is 31.9 Å². The van der Waals surface area contributed by atoms with Gasteiger partial charge in [0.05, 0.1) is 11.9 Å². The van der Waals surface area contributed by atoms with Gasteiger partial charge in [0.1, 0.15) is 5.69 Å². The number of hydrogen-bond acceptors (Lipinski definition) is 4. The first-order chi connectivity index (χ1) is 12.2. The van der Waals surface area contributed by atoms with Gasteiger partial charge in [-0.2, -0.15) is 0 Å². The van der Waals surface area contributed by atoms with Crippen molar-refractivity contribution in [2.45, 2.75) is 13.3 Å². The summed E-state index contributed by atoms with van der Waals surface area (Å²) in [5, 5.41) is 2.86. The Morgan fingerprint density at radius 2 is 1.84 bits per heavy atom. The van der Waals surface area contributed by atoms with Gasteiger partial charge in [0.2, 0.25) is 6.41 Å². The lowest BCUT2D eigenvalue weighted by molar-refractivity contribution is -0.118. The summed E-state index contributed by atoms with van der Waals surface area (Å²) < 4.78 is 0. The van der Waals surface area contributed by atoms with Crippen molar-refractivity contribution in [1.82, 2.24) is 9.88 Å². The summed E-state index contributed by atoms with van der Waals surface area (Å²) in [6, 6.07) is 11.4. The highest BCUT2D eigenvalue weighted by Gasteiger charge is 2.16. The van der Waals surface area contributed by atoms with Gasteiger partial charge < -0.3 is 15.1 Å². The molecule has 6 heteroatoms. The van der Waals surface area contributed by atoms with Crippen LogP contribution >= 0.6 is 0 Å². The third kappa shape index (κ3) is 4.15. The van der Waals surface area contributed by atoms with Crippen LogP contribution < -0.4 is 10.2 Å². The summed E-state index contributed by atoms with van der Waals surface area (Å²) >= 11 is 0. The molecule has 1 aliphatic heterocycles. The first-order valence-electron chi connectivity index (χ1n) is 8.50. The zero-order valence-electron chi connectivity index (χ0n) is 14.3. The maximum atomic E-state index is 12.3. The zero-order valence-corrected chi connectivity index (χ0v) is 14.3. The zero-order chi connectivity index (χ0) is 17.6. The molecule has 6 nitrogen and oxygen atoms in total. The number of anilines is 2. The Hall–Kier alpha value is -2.89. The minimum atomic E-state index is -0.221. The minimum absolute atomic E-state index is 0.221. The lowest BCUT2D eigenvalue weighted by Gasteiger charge is -2.33. The smallest absolute Gasteiger partial charge is 0.274 e. The third-order valence-corrected chi connectivity index (χ3v) is 4.43. The van der Waals surface area contributed by atoms with E-state index >= 15 is 0 Å². The van der Waals surface area contributed by atoms with E-state index in [0.717, 1.165) is 37.3 Å². The lowest BCUT2D eigenvalue weighted by atomic mass is 10.1. The van der Waals surface area contributed by atoms with E-state index < -0.39 is 0 Å². The van der Waals surface area contributed by atoms with Crippen molar-refractivity contribution < 1.29 is 9.59 Å². The number of piperazine rings is 1. The molecule has 0 aliphatic carbocycles. The molecule has 2 amide bonds. The molecule has 0 bridgehead atoms. The van der Waals surface area contributed by atoms with E-state index in [4.69, 9.17) is 0 Å². The second-order valence-corrected chi connectivity index (χ2v) is 6.03. The van der Waals surface area contributed by atoms with Crippen molar-refractivity contribution in [2.75, 3.05) is 36.4 Å². The molecule has 3 rings (SSSR count). The van der Waals surface area contributed by atoms with Gasteiger partial charge in [-0.1, -0.05) is 19.1 Å². The first kappa shape index (κ1) is 17.0. The highest BCUT2D eigenvalue weighted by atomic mass is 16.2. The van der Waals surface area contributed by atoms with Crippen LogP contribution in [0.4, 0.5) is 11.4 Å². The molecule has 130 valence electrons. The summed E-state index contributed by atoms with van der Waals surface area (Å²) in [4.78, 5) is 31.3. The van der Waals surface area contributed by atoms with Gasteiger partial charge in [-0.25, -0.2) is 4.98 Å². The van der Waals surface area contributed by atoms with Crippen LogP contribution in [0.1, 0.15) is 23.0 Å². The van der Waals surface area contributed by atoms with Gasteiger partial charge in [0.25, 0.3) is 5.91 Å². The second-order valence-electron chi connectivity index (χ2n) is 6.03. The summed E-state index contributed by atoms with van der Waals surface area (Å²) in [5.41, 5.74) is 3.34. The van der Waals surface area contributed by atoms with E-state index in [1.807, 2.05) is 30.3 Å². The standard InChI is InChI=1S/C19H22N4O2/c1-2-15-3-5-16(6-4-15)21-19(25)18-8-7-17(13-20-18)23-11-9-22(14-24)10-12-23/h3-8,13-14H,2,9-12H2,1H3,(H,21,25). The molecule has 1 saturated heterocycles. The minimum Gasteiger partial charge on any atom is -0.367 e. The summed E-state index contributed by atoms with van der Waals surface area (Å²) in [7, 11) is 0. The van der Waals surface area contributed by atoms with Crippen LogP contribution in [0.25, 0.3) is 0 Å². The molecule has 1 aromatic heterocycles. The average Bonchev–Trinajstić information content (AvgIpc) is 2.69. The molecular weight excluding hydrogens is 316 g/mol. The topological polar surface area (TPSA) is 65.5 Å². The molecule has 1 aliphatic rings. The maximum absolute atomic E-state index is 12.3. The summed E-state index contributed by atoms with van der Waals surface area (Å²) in [5.74, 6) is -0.221. The normalized spacial score (nSPS) is 14.3. The van der Waals surface area contributed by atoms with Crippen LogP contribution in [0.2, 0.25) is 0 Å². The van der Waals surface area contributed by atoms with Crippen LogP contribution in [-0.4, -0.2) is 48.4 Å². The quantitative estimate of drug-likeness (QED) is 0.849. The molecule has 1 fully saturated rings. The van der Waals surface area contributed by atoms with Crippen molar-refractivity contribution >= 4 is 23.7 Å². The molecule has 1 aromatic carbocycles. The third-order valence-electron chi connectivity index (χ3n) is 4.43. The molecule has 2 aromatic rings. The van der Waals surface area contributed by atoms with Crippen LogP contribution in [0, 0.1) is 0 Å². The van der Waals surface area contributed by atoms with E-state index in [-0.39, 0.29) is 5.91 Å². The fraction of sp³-hybridized carbons (Fsp3) is 0.316. The summed E-state index contributed by atoms with van der Waals surface area (Å²) in [6.45, 7) is 5.06. The molecule has 25 heavy (non-hydrogen) atoms. The number of aryl methyl sites for hydroxylation is 1. The van der Waals surface area contributed by atoms with E-state index in [1.54, 1.807) is 17.2 Å². The van der Waals surface area contributed by atoms with Crippen LogP contribution in [0.5, 0.6) is 0 Å². The van der Waals surface area contributed by atoms with Crippen molar-refractivity contribution in [3.05, 3.63) is 53.9 Å². The predicted molar refractivity (Wildman–Crippen MR) is 97.9 cm³/mol. The number of nitrogens with one attached hydrogen (secondary N) is 1. The van der Waals surface area contributed by atoms with Crippen LogP contribution in [-0.2, 0) is 11.2 Å². The van der Waals surface area contributed by atoms with E-state index in [0.29, 0.717) is 18.8 Å². The Bertz CT molecular complexity index is 720. The molecule has 1 N–H and O–H groups in total. The van der Waals surface area contributed by atoms with Gasteiger partial charge in [-0.15, -0.1) is 0 Å². The Balaban J connectivity index is 1.61. The number of benzene rings is 1. The largest absolute Gasteiger partial charge is 0.367 e. The second kappa shape index (κ2) is 7.79. The Morgan fingerprint density at radius 3 is 2.40 bits per heavy atom. The number of hydrogen-bond donors (Lipinski definition) is 1. The fourth-order valence-corrected chi connectivity index (χ4v) is 2.81. The van der Waals surface area contributed by atoms with Gasteiger partial charge >= 0.3 is 0 Å². The molecule has 0 unspecified atom stereocenters. The molecule has 0 saturated carbocycles. The maximum Gasteiger partial charge on any atom is 0.274 e. The molecule has 0 spiro atoms. The van der Waals surface area contributed by atoms with Gasteiger partial charge in [-0.05, 0) is 36.2 Å². The number of aromatic nitrogens is 1. The van der Waals surface area contributed by atoms with Crippen LogP contribution in [0.15, 0.2) is 42.6 Å². The van der Waals surface area contributed by atoms with Gasteiger partial charge in [0.15, 0.2) is 0 Å². The van der Waals surface area contributed by atoms with Gasteiger partial charge in [-0.3, -0.25) is 9.59 Å². The molecule has 0 atom stereocenters. The molecular formula is C19H22N4O2. The number of carbonyl (C=O) groups is 2. The van der Waals surface area contributed by atoms with E-state index in [2.05, 4.69) is 22.1 Å². The molecule has 2 heterocycles.